The second kappa shape index (κ2) is 8.72. The highest BCUT2D eigenvalue weighted by Crippen LogP contribution is 2.28. The minimum atomic E-state index is -3.81. The lowest BCUT2D eigenvalue weighted by molar-refractivity contribution is 0.0472. The Morgan fingerprint density at radius 2 is 1.79 bits per heavy atom. The van der Waals surface area contributed by atoms with Crippen molar-refractivity contribution in [1.29, 1.82) is 0 Å². The zero-order chi connectivity index (χ0) is 20.1. The van der Waals surface area contributed by atoms with Crippen molar-refractivity contribution in [2.75, 3.05) is 33.4 Å². The molecule has 2 aromatic rings. The van der Waals surface area contributed by atoms with Crippen molar-refractivity contribution in [3.05, 3.63) is 59.2 Å². The summed E-state index contributed by atoms with van der Waals surface area (Å²) in [6.45, 7) is 3.26. The molecule has 0 unspecified atom stereocenters. The average Bonchev–Trinajstić information content (AvgIpc) is 2.73. The second-order valence-electron chi connectivity index (χ2n) is 6.44. The molecule has 1 saturated heterocycles. The number of methoxy groups -OCH3 is 1. The van der Waals surface area contributed by atoms with Gasteiger partial charge in [0.2, 0.25) is 10.0 Å². The van der Waals surface area contributed by atoms with Crippen molar-refractivity contribution < 1.29 is 27.4 Å². The van der Waals surface area contributed by atoms with Gasteiger partial charge in [-0.05, 0) is 30.7 Å². The van der Waals surface area contributed by atoms with Crippen LogP contribution in [0.3, 0.4) is 0 Å². The summed E-state index contributed by atoms with van der Waals surface area (Å²) >= 11 is 0. The van der Waals surface area contributed by atoms with E-state index in [0.717, 1.165) is 11.1 Å². The van der Waals surface area contributed by atoms with E-state index >= 15 is 0 Å². The molecule has 1 aliphatic rings. The summed E-state index contributed by atoms with van der Waals surface area (Å²) in [6, 6.07) is 11.9. The number of carbonyl (C=O) groups is 1. The van der Waals surface area contributed by atoms with E-state index in [1.54, 1.807) is 0 Å². The number of rotatable bonds is 6. The van der Waals surface area contributed by atoms with E-state index in [0.29, 0.717) is 13.2 Å². The van der Waals surface area contributed by atoms with Crippen LogP contribution < -0.4 is 4.74 Å². The Hall–Kier alpha value is -2.42. The Morgan fingerprint density at radius 1 is 1.11 bits per heavy atom. The van der Waals surface area contributed by atoms with Gasteiger partial charge in [-0.3, -0.25) is 0 Å². The Kier molecular flexibility index (Phi) is 6.33. The molecule has 0 bridgehead atoms. The molecule has 150 valence electrons. The Bertz CT molecular complexity index is 934. The average molecular weight is 405 g/mol. The summed E-state index contributed by atoms with van der Waals surface area (Å²) in [6.07, 6.45) is 0. The van der Waals surface area contributed by atoms with Gasteiger partial charge in [0.05, 0.1) is 25.9 Å². The number of nitrogens with zero attached hydrogens (tertiary/aromatic N) is 1. The van der Waals surface area contributed by atoms with Crippen LogP contribution in [0.25, 0.3) is 0 Å². The maximum atomic E-state index is 13.0. The number of hydrogen-bond acceptors (Lipinski definition) is 6. The fourth-order valence-corrected chi connectivity index (χ4v) is 4.44. The number of aryl methyl sites for hydroxylation is 1. The van der Waals surface area contributed by atoms with Crippen molar-refractivity contribution in [1.82, 2.24) is 4.31 Å². The van der Waals surface area contributed by atoms with Gasteiger partial charge in [0.1, 0.15) is 17.3 Å². The van der Waals surface area contributed by atoms with Gasteiger partial charge in [-0.1, -0.05) is 29.8 Å². The normalized spacial score (nSPS) is 15.2. The van der Waals surface area contributed by atoms with Crippen LogP contribution in [0.5, 0.6) is 5.75 Å². The number of hydrogen-bond donors (Lipinski definition) is 0. The van der Waals surface area contributed by atoms with Crippen LogP contribution >= 0.6 is 0 Å². The lowest BCUT2D eigenvalue weighted by Gasteiger charge is -2.26. The Labute approximate surface area is 164 Å². The third-order valence-electron chi connectivity index (χ3n) is 4.48. The van der Waals surface area contributed by atoms with E-state index in [-0.39, 0.29) is 35.9 Å². The van der Waals surface area contributed by atoms with E-state index < -0.39 is 16.0 Å². The Balaban J connectivity index is 1.81. The molecule has 28 heavy (non-hydrogen) atoms. The van der Waals surface area contributed by atoms with Crippen LogP contribution in [0.4, 0.5) is 0 Å². The summed E-state index contributed by atoms with van der Waals surface area (Å²) in [5.41, 5.74) is 2.12. The summed E-state index contributed by atoms with van der Waals surface area (Å²) in [4.78, 5) is 12.4. The van der Waals surface area contributed by atoms with Crippen molar-refractivity contribution in [3.8, 4) is 5.75 Å². The molecule has 7 nitrogen and oxygen atoms in total. The molecule has 1 heterocycles. The minimum Gasteiger partial charge on any atom is -0.495 e. The molecule has 0 aromatic heterocycles. The van der Waals surface area contributed by atoms with Crippen LogP contribution in [0.2, 0.25) is 0 Å². The molecule has 0 atom stereocenters. The predicted molar refractivity (Wildman–Crippen MR) is 103 cm³/mol. The number of esters is 1. The molecule has 3 rings (SSSR count). The molecule has 0 saturated carbocycles. The lowest BCUT2D eigenvalue weighted by Crippen LogP contribution is -2.40. The van der Waals surface area contributed by atoms with Crippen molar-refractivity contribution in [2.45, 2.75) is 18.4 Å². The summed E-state index contributed by atoms with van der Waals surface area (Å²) in [5, 5.41) is 0. The number of ether oxygens (including phenoxy) is 3. The number of sulfonamides is 1. The monoisotopic (exact) mass is 405 g/mol. The number of carbonyl (C=O) groups excluding carboxylic acids is 1. The summed E-state index contributed by atoms with van der Waals surface area (Å²) in [5.74, 6) is -0.414. The van der Waals surface area contributed by atoms with Crippen LogP contribution in [0.15, 0.2) is 47.4 Å². The largest absolute Gasteiger partial charge is 0.495 e. The first kappa shape index (κ1) is 20.3. The predicted octanol–water partition coefficient (Wildman–Crippen LogP) is 2.38. The van der Waals surface area contributed by atoms with Gasteiger partial charge >= 0.3 is 5.97 Å². The smallest absolute Gasteiger partial charge is 0.338 e. The maximum Gasteiger partial charge on any atom is 0.338 e. The zero-order valence-electron chi connectivity index (χ0n) is 15.9. The number of benzene rings is 2. The van der Waals surface area contributed by atoms with Gasteiger partial charge in [-0.25, -0.2) is 13.2 Å². The topological polar surface area (TPSA) is 82.1 Å². The van der Waals surface area contributed by atoms with Crippen LogP contribution in [-0.2, 0) is 26.1 Å². The molecule has 8 heteroatoms. The van der Waals surface area contributed by atoms with Gasteiger partial charge in [0, 0.05) is 13.1 Å². The van der Waals surface area contributed by atoms with Gasteiger partial charge in [0.25, 0.3) is 0 Å². The highest BCUT2D eigenvalue weighted by Gasteiger charge is 2.30. The fraction of sp³-hybridized carbons (Fsp3) is 0.350. The van der Waals surface area contributed by atoms with Gasteiger partial charge in [-0.15, -0.1) is 0 Å². The second-order valence-corrected chi connectivity index (χ2v) is 8.35. The van der Waals surface area contributed by atoms with Crippen LogP contribution in [0.1, 0.15) is 21.5 Å². The third-order valence-corrected chi connectivity index (χ3v) is 6.40. The molecule has 1 aliphatic heterocycles. The summed E-state index contributed by atoms with van der Waals surface area (Å²) in [7, 11) is -2.42. The van der Waals surface area contributed by atoms with Crippen molar-refractivity contribution in [3.63, 3.8) is 0 Å². The molecule has 2 aromatic carbocycles. The van der Waals surface area contributed by atoms with E-state index in [1.807, 2.05) is 31.2 Å². The maximum absolute atomic E-state index is 13.0. The van der Waals surface area contributed by atoms with Gasteiger partial charge < -0.3 is 14.2 Å². The number of morpholine rings is 1. The van der Waals surface area contributed by atoms with Crippen LogP contribution in [-0.4, -0.2) is 52.1 Å². The van der Waals surface area contributed by atoms with Crippen LogP contribution in [0, 0.1) is 6.92 Å². The molecule has 0 radical (unpaired) electrons. The molecule has 0 amide bonds. The van der Waals surface area contributed by atoms with Crippen molar-refractivity contribution in [2.24, 2.45) is 0 Å². The third kappa shape index (κ3) is 4.52. The quantitative estimate of drug-likeness (QED) is 0.687. The first-order valence-corrected chi connectivity index (χ1v) is 10.3. The van der Waals surface area contributed by atoms with Gasteiger partial charge in [-0.2, -0.15) is 4.31 Å². The highest BCUT2D eigenvalue weighted by atomic mass is 32.2. The highest BCUT2D eigenvalue weighted by molar-refractivity contribution is 7.89. The molecule has 0 aliphatic carbocycles. The molecule has 0 N–H and O–H groups in total. The van der Waals surface area contributed by atoms with E-state index in [4.69, 9.17) is 14.2 Å². The molecule has 1 fully saturated rings. The first-order chi connectivity index (χ1) is 13.4. The summed E-state index contributed by atoms with van der Waals surface area (Å²) < 4.78 is 43.1. The molecule has 0 spiro atoms. The van der Waals surface area contributed by atoms with Gasteiger partial charge in [0.15, 0.2) is 0 Å². The fourth-order valence-electron chi connectivity index (χ4n) is 2.85. The SMILES string of the molecule is COc1ccc(C(=O)OCc2ccc(C)cc2)cc1S(=O)(=O)N1CCOCC1. The molecular weight excluding hydrogens is 382 g/mol. The first-order valence-electron chi connectivity index (χ1n) is 8.90. The minimum absolute atomic E-state index is 0.0540. The van der Waals surface area contributed by atoms with Crippen molar-refractivity contribution >= 4 is 16.0 Å². The zero-order valence-corrected chi connectivity index (χ0v) is 16.7. The van der Waals surface area contributed by atoms with E-state index in [1.165, 1.54) is 29.6 Å². The molecular formula is C20H23NO6S. The van der Waals surface area contributed by atoms with E-state index in [9.17, 15) is 13.2 Å². The standard InChI is InChI=1S/C20H23NO6S/c1-15-3-5-16(6-4-15)14-27-20(22)17-7-8-18(25-2)19(13-17)28(23,24)21-9-11-26-12-10-21/h3-8,13H,9-12,14H2,1-2H3. The van der Waals surface area contributed by atoms with E-state index in [2.05, 4.69) is 0 Å². The lowest BCUT2D eigenvalue weighted by atomic mass is 10.2. The Morgan fingerprint density at radius 3 is 2.43 bits per heavy atom.